The van der Waals surface area contributed by atoms with Gasteiger partial charge in [-0.15, -0.1) is 10.2 Å². The molecule has 1 saturated heterocycles. The number of carbonyl (C=O) groups excluding carboxylic acids is 1. The third-order valence-corrected chi connectivity index (χ3v) is 8.04. The highest BCUT2D eigenvalue weighted by Gasteiger charge is 2.25. The van der Waals surface area contributed by atoms with Crippen LogP contribution in [0.4, 0.5) is 11.4 Å². The molecule has 0 unspecified atom stereocenters. The maximum Gasteiger partial charge on any atom is 0.277 e. The van der Waals surface area contributed by atoms with E-state index in [0.717, 1.165) is 47.9 Å². The van der Waals surface area contributed by atoms with Crippen molar-refractivity contribution < 1.29 is 9.21 Å². The largest absolute Gasteiger partial charge is 0.411 e. The second kappa shape index (κ2) is 11.6. The van der Waals surface area contributed by atoms with Gasteiger partial charge in [-0.25, -0.2) is 0 Å². The minimum absolute atomic E-state index is 0.106. The van der Waals surface area contributed by atoms with Crippen LogP contribution in [0.5, 0.6) is 0 Å². The fourth-order valence-electron chi connectivity index (χ4n) is 4.88. The van der Waals surface area contributed by atoms with Gasteiger partial charge in [0.05, 0.1) is 5.75 Å². The molecule has 9 heteroatoms. The summed E-state index contributed by atoms with van der Waals surface area (Å²) in [4.78, 5) is 17.6. The monoisotopic (exact) mass is 555 g/mol. The Balaban J connectivity index is 1.08. The van der Waals surface area contributed by atoms with Gasteiger partial charge in [-0.3, -0.25) is 9.69 Å². The van der Waals surface area contributed by atoms with Gasteiger partial charge in [-0.1, -0.05) is 53.0 Å². The number of nitrogens with zero attached hydrogens (tertiary/aromatic N) is 4. The molecular formula is C26H30BrN5O2S. The number of nitrogens with one attached hydrogen (secondary N) is 1. The quantitative estimate of drug-likeness (QED) is 0.375. The van der Waals surface area contributed by atoms with Gasteiger partial charge in [0.1, 0.15) is 0 Å². The molecule has 5 rings (SSSR count). The van der Waals surface area contributed by atoms with Crippen molar-refractivity contribution in [3.8, 4) is 11.5 Å². The van der Waals surface area contributed by atoms with Crippen molar-refractivity contribution in [2.75, 3.05) is 42.1 Å². The van der Waals surface area contributed by atoms with Crippen LogP contribution in [0, 0.1) is 0 Å². The number of halogens is 1. The number of piperazine rings is 1. The number of thioether (sulfide) groups is 1. The zero-order chi connectivity index (χ0) is 24.0. The number of rotatable bonds is 7. The lowest BCUT2D eigenvalue weighted by atomic mass is 9.94. The van der Waals surface area contributed by atoms with Crippen LogP contribution >= 0.6 is 27.7 Å². The van der Waals surface area contributed by atoms with E-state index in [1.165, 1.54) is 49.6 Å². The van der Waals surface area contributed by atoms with Crippen LogP contribution in [-0.4, -0.2) is 59.0 Å². The summed E-state index contributed by atoms with van der Waals surface area (Å²) in [5.74, 6) is 0.528. The predicted octanol–water partition coefficient (Wildman–Crippen LogP) is 5.68. The van der Waals surface area contributed by atoms with Crippen molar-refractivity contribution >= 4 is 45.0 Å². The Morgan fingerprint density at radius 2 is 1.80 bits per heavy atom. The van der Waals surface area contributed by atoms with Crippen molar-refractivity contribution in [1.82, 2.24) is 15.1 Å². The number of anilines is 2. The lowest BCUT2D eigenvalue weighted by Crippen LogP contribution is -2.50. The van der Waals surface area contributed by atoms with Crippen LogP contribution in [-0.2, 0) is 4.79 Å². The molecule has 0 radical (unpaired) electrons. The second-order valence-electron chi connectivity index (χ2n) is 9.08. The molecule has 2 aromatic carbocycles. The van der Waals surface area contributed by atoms with E-state index in [1.54, 1.807) is 0 Å². The van der Waals surface area contributed by atoms with Crippen molar-refractivity contribution in [3.05, 3.63) is 53.0 Å². The molecule has 1 saturated carbocycles. The molecule has 2 heterocycles. The molecule has 35 heavy (non-hydrogen) atoms. The van der Waals surface area contributed by atoms with E-state index < -0.39 is 0 Å². The molecule has 1 amide bonds. The first-order valence-corrected chi connectivity index (χ1v) is 14.0. The summed E-state index contributed by atoms with van der Waals surface area (Å²) in [5.41, 5.74) is 2.84. The summed E-state index contributed by atoms with van der Waals surface area (Å²) in [5, 5.41) is 11.4. The minimum Gasteiger partial charge on any atom is -0.411 e. The van der Waals surface area contributed by atoms with Gasteiger partial charge in [0.15, 0.2) is 0 Å². The number of carbonyl (C=O) groups is 1. The zero-order valence-electron chi connectivity index (χ0n) is 19.7. The molecule has 184 valence electrons. The molecule has 7 nitrogen and oxygen atoms in total. The van der Waals surface area contributed by atoms with Crippen LogP contribution in [0.15, 0.2) is 62.6 Å². The maximum absolute atomic E-state index is 12.4. The van der Waals surface area contributed by atoms with Crippen molar-refractivity contribution in [1.29, 1.82) is 0 Å². The molecule has 0 atom stereocenters. The van der Waals surface area contributed by atoms with Crippen LogP contribution in [0.2, 0.25) is 0 Å². The predicted molar refractivity (Wildman–Crippen MR) is 144 cm³/mol. The standard InChI is InChI=1S/C26H30BrN5O2S/c27-20-6-4-5-19(17-20)25-29-30-26(34-25)35-18-24(33)28-21-9-11-23(12-10-21)32-15-13-31(14-16-32)22-7-2-1-3-8-22/h4-6,9-12,17,22H,1-3,7-8,13-16,18H2,(H,28,33). The van der Waals surface area contributed by atoms with Gasteiger partial charge in [-0.05, 0) is 55.3 Å². The Kier molecular flexibility index (Phi) is 8.06. The van der Waals surface area contributed by atoms with E-state index in [0.29, 0.717) is 11.1 Å². The first-order valence-electron chi connectivity index (χ1n) is 12.3. The number of hydrogen-bond acceptors (Lipinski definition) is 7. The Morgan fingerprint density at radius 3 is 2.54 bits per heavy atom. The normalized spacial score (nSPS) is 17.5. The first-order chi connectivity index (χ1) is 17.1. The number of benzene rings is 2. The van der Waals surface area contributed by atoms with Crippen molar-refractivity contribution in [3.63, 3.8) is 0 Å². The third-order valence-electron chi connectivity index (χ3n) is 6.73. The van der Waals surface area contributed by atoms with Gasteiger partial charge >= 0.3 is 0 Å². The molecule has 0 bridgehead atoms. The van der Waals surface area contributed by atoms with E-state index in [2.05, 4.69) is 53.4 Å². The highest BCUT2D eigenvalue weighted by atomic mass is 79.9. The average molecular weight is 557 g/mol. The van der Waals surface area contributed by atoms with Crippen molar-refractivity contribution in [2.24, 2.45) is 0 Å². The van der Waals surface area contributed by atoms with E-state index in [4.69, 9.17) is 4.42 Å². The van der Waals surface area contributed by atoms with Gasteiger partial charge in [0, 0.05) is 53.6 Å². The third kappa shape index (κ3) is 6.45. The highest BCUT2D eigenvalue weighted by molar-refractivity contribution is 9.10. The van der Waals surface area contributed by atoms with Gasteiger partial charge in [0.25, 0.3) is 5.22 Å². The van der Waals surface area contributed by atoms with Crippen molar-refractivity contribution in [2.45, 2.75) is 43.4 Å². The summed E-state index contributed by atoms with van der Waals surface area (Å²) >= 11 is 4.67. The molecule has 1 aliphatic carbocycles. The van der Waals surface area contributed by atoms with E-state index in [-0.39, 0.29) is 11.7 Å². The molecule has 1 N–H and O–H groups in total. The van der Waals surface area contributed by atoms with Crippen LogP contribution in [0.3, 0.4) is 0 Å². The molecule has 2 fully saturated rings. The average Bonchev–Trinajstić information content (AvgIpc) is 3.38. The van der Waals surface area contributed by atoms with Gasteiger partial charge in [-0.2, -0.15) is 0 Å². The summed E-state index contributed by atoms with van der Waals surface area (Å²) in [6.07, 6.45) is 6.91. The van der Waals surface area contributed by atoms with Gasteiger partial charge in [0.2, 0.25) is 11.8 Å². The molecule has 1 aliphatic heterocycles. The Morgan fingerprint density at radius 1 is 1.03 bits per heavy atom. The second-order valence-corrected chi connectivity index (χ2v) is 10.9. The molecular weight excluding hydrogens is 526 g/mol. The summed E-state index contributed by atoms with van der Waals surface area (Å²) in [6, 6.07) is 16.6. The smallest absolute Gasteiger partial charge is 0.277 e. The van der Waals surface area contributed by atoms with Crippen LogP contribution in [0.25, 0.3) is 11.5 Å². The molecule has 0 spiro atoms. The molecule has 2 aliphatic rings. The van der Waals surface area contributed by atoms with Crippen LogP contribution in [0.1, 0.15) is 32.1 Å². The Hall–Kier alpha value is -2.36. The van der Waals surface area contributed by atoms with Gasteiger partial charge < -0.3 is 14.6 Å². The SMILES string of the molecule is O=C(CSc1nnc(-c2cccc(Br)c2)o1)Nc1ccc(N2CCN(C3CCCCC3)CC2)cc1. The Labute approximate surface area is 218 Å². The summed E-state index contributed by atoms with van der Waals surface area (Å²) in [7, 11) is 0. The lowest BCUT2D eigenvalue weighted by molar-refractivity contribution is -0.113. The van der Waals surface area contributed by atoms with E-state index >= 15 is 0 Å². The van der Waals surface area contributed by atoms with E-state index in [9.17, 15) is 4.79 Å². The Bertz CT molecular complexity index is 1120. The number of hydrogen-bond donors (Lipinski definition) is 1. The fourth-order valence-corrected chi connectivity index (χ4v) is 5.84. The topological polar surface area (TPSA) is 74.5 Å². The maximum atomic E-state index is 12.4. The summed E-state index contributed by atoms with van der Waals surface area (Å²) < 4.78 is 6.62. The van der Waals surface area contributed by atoms with E-state index in [1.807, 2.05) is 36.4 Å². The summed E-state index contributed by atoms with van der Waals surface area (Å²) in [6.45, 7) is 4.40. The number of aromatic nitrogens is 2. The van der Waals surface area contributed by atoms with Crippen LogP contribution < -0.4 is 10.2 Å². The fraction of sp³-hybridized carbons (Fsp3) is 0.423. The molecule has 1 aromatic heterocycles. The minimum atomic E-state index is -0.106. The lowest BCUT2D eigenvalue weighted by Gasteiger charge is -2.41. The highest BCUT2D eigenvalue weighted by Crippen LogP contribution is 2.27. The number of amides is 1. The molecule has 3 aromatic rings. The zero-order valence-corrected chi connectivity index (χ0v) is 22.1. The first kappa shape index (κ1) is 24.3.